The number of nitrogens with one attached hydrogen (secondary N) is 2. The third kappa shape index (κ3) is 4.44. The Balaban J connectivity index is 1.35. The van der Waals surface area contributed by atoms with E-state index in [0.717, 1.165) is 49.4 Å². The average Bonchev–Trinajstić information content (AvgIpc) is 3.24. The molecule has 0 aliphatic carbocycles. The summed E-state index contributed by atoms with van der Waals surface area (Å²) in [5, 5.41) is 9.99. The van der Waals surface area contributed by atoms with Crippen LogP contribution in [0.5, 0.6) is 0 Å². The van der Waals surface area contributed by atoms with E-state index in [9.17, 15) is 4.79 Å². The lowest BCUT2D eigenvalue weighted by atomic mass is 9.96. The van der Waals surface area contributed by atoms with Crippen LogP contribution >= 0.6 is 0 Å². The van der Waals surface area contributed by atoms with E-state index in [1.54, 1.807) is 6.20 Å². The number of H-pyrrole nitrogens is 1. The molecule has 1 fully saturated rings. The van der Waals surface area contributed by atoms with Gasteiger partial charge >= 0.3 is 0 Å². The third-order valence-electron chi connectivity index (χ3n) is 5.09. The Morgan fingerprint density at radius 3 is 2.67 bits per heavy atom. The highest BCUT2D eigenvalue weighted by Crippen LogP contribution is 2.22. The number of anilines is 1. The predicted octanol–water partition coefficient (Wildman–Crippen LogP) is 3.93. The molecule has 2 N–H and O–H groups in total. The topological polar surface area (TPSA) is 61.0 Å². The number of benzene rings is 2. The zero-order valence-electron chi connectivity index (χ0n) is 15.3. The van der Waals surface area contributed by atoms with Gasteiger partial charge in [0.05, 0.1) is 11.6 Å². The summed E-state index contributed by atoms with van der Waals surface area (Å²) in [6.45, 7) is 2.77. The first-order valence-corrected chi connectivity index (χ1v) is 9.45. The summed E-state index contributed by atoms with van der Waals surface area (Å²) in [4.78, 5) is 15.1. The van der Waals surface area contributed by atoms with E-state index in [-0.39, 0.29) is 11.8 Å². The van der Waals surface area contributed by atoms with Gasteiger partial charge in [-0.15, -0.1) is 0 Å². The minimum absolute atomic E-state index is 0.0368. The van der Waals surface area contributed by atoms with Gasteiger partial charge in [-0.05, 0) is 48.7 Å². The summed E-state index contributed by atoms with van der Waals surface area (Å²) in [5.41, 5.74) is 4.16. The lowest BCUT2D eigenvalue weighted by Gasteiger charge is -2.32. The number of carbonyl (C=O) groups is 1. The molecule has 0 spiro atoms. The number of aromatic amines is 1. The van der Waals surface area contributed by atoms with Crippen molar-refractivity contribution in [3.63, 3.8) is 0 Å². The number of aromatic nitrogens is 2. The molecule has 5 nitrogen and oxygen atoms in total. The van der Waals surface area contributed by atoms with Crippen LogP contribution in [-0.2, 0) is 11.3 Å². The molecular weight excluding hydrogens is 336 g/mol. The number of piperidine rings is 1. The molecule has 0 unspecified atom stereocenters. The van der Waals surface area contributed by atoms with Gasteiger partial charge in [0, 0.05) is 25.0 Å². The molecule has 1 saturated heterocycles. The normalized spacial score (nSPS) is 17.6. The summed E-state index contributed by atoms with van der Waals surface area (Å²) in [5.74, 6) is 0.150. The monoisotopic (exact) mass is 360 g/mol. The minimum Gasteiger partial charge on any atom is -0.326 e. The van der Waals surface area contributed by atoms with Crippen molar-refractivity contribution in [1.82, 2.24) is 15.1 Å². The van der Waals surface area contributed by atoms with Gasteiger partial charge in [-0.25, -0.2) is 0 Å². The van der Waals surface area contributed by atoms with Crippen molar-refractivity contribution in [3.8, 4) is 11.3 Å². The number of likely N-dealkylation sites (tertiary alicyclic amines) is 1. The maximum absolute atomic E-state index is 12.7. The Labute approximate surface area is 159 Å². The highest BCUT2D eigenvalue weighted by Gasteiger charge is 2.25. The Morgan fingerprint density at radius 1 is 1.11 bits per heavy atom. The zero-order chi connectivity index (χ0) is 18.5. The largest absolute Gasteiger partial charge is 0.326 e. The van der Waals surface area contributed by atoms with Crippen molar-refractivity contribution in [2.45, 2.75) is 19.4 Å². The van der Waals surface area contributed by atoms with Crippen LogP contribution in [-0.4, -0.2) is 34.1 Å². The van der Waals surface area contributed by atoms with Crippen molar-refractivity contribution >= 4 is 11.6 Å². The SMILES string of the molecule is O=C(Nc1ccc(-c2ccn[nH]2)cc1)[C@H]1CCCN(Cc2ccccc2)C1. The van der Waals surface area contributed by atoms with Gasteiger partial charge in [-0.3, -0.25) is 14.8 Å². The van der Waals surface area contributed by atoms with Gasteiger partial charge in [0.25, 0.3) is 0 Å². The Bertz CT molecular complexity index is 859. The standard InChI is InChI=1S/C22H24N4O/c27-22(24-20-10-8-18(9-11-20)21-12-13-23-25-21)19-7-4-14-26(16-19)15-17-5-2-1-3-6-17/h1-3,5-6,8-13,19H,4,7,14-16H2,(H,23,25)(H,24,27)/t19-/m0/s1. The van der Waals surface area contributed by atoms with E-state index >= 15 is 0 Å². The second-order valence-electron chi connectivity index (χ2n) is 7.10. The molecule has 0 bridgehead atoms. The molecule has 0 radical (unpaired) electrons. The molecule has 5 heteroatoms. The lowest BCUT2D eigenvalue weighted by Crippen LogP contribution is -2.40. The summed E-state index contributed by atoms with van der Waals surface area (Å²) in [6, 6.07) is 20.3. The molecule has 4 rings (SSSR count). The third-order valence-corrected chi connectivity index (χ3v) is 5.09. The Kier molecular flexibility index (Phi) is 5.30. The van der Waals surface area contributed by atoms with E-state index in [2.05, 4.69) is 44.7 Å². The smallest absolute Gasteiger partial charge is 0.228 e. The minimum atomic E-state index is 0.0368. The quantitative estimate of drug-likeness (QED) is 0.725. The molecule has 2 aromatic carbocycles. The fourth-order valence-electron chi connectivity index (χ4n) is 3.65. The van der Waals surface area contributed by atoms with Crippen molar-refractivity contribution in [1.29, 1.82) is 0 Å². The molecule has 1 atom stereocenters. The van der Waals surface area contributed by atoms with Crippen LogP contribution in [0, 0.1) is 5.92 Å². The van der Waals surface area contributed by atoms with Crippen LogP contribution in [0.2, 0.25) is 0 Å². The maximum Gasteiger partial charge on any atom is 0.228 e. The Morgan fingerprint density at radius 2 is 1.93 bits per heavy atom. The predicted molar refractivity (Wildman–Crippen MR) is 107 cm³/mol. The fourth-order valence-corrected chi connectivity index (χ4v) is 3.65. The van der Waals surface area contributed by atoms with Crippen LogP contribution in [0.25, 0.3) is 11.3 Å². The summed E-state index contributed by atoms with van der Waals surface area (Å²) >= 11 is 0. The zero-order valence-corrected chi connectivity index (χ0v) is 15.3. The first kappa shape index (κ1) is 17.5. The number of carbonyl (C=O) groups excluding carboxylic acids is 1. The van der Waals surface area contributed by atoms with Gasteiger partial charge in [0.1, 0.15) is 0 Å². The van der Waals surface area contributed by atoms with Crippen LogP contribution < -0.4 is 5.32 Å². The van der Waals surface area contributed by atoms with Crippen LogP contribution in [0.4, 0.5) is 5.69 Å². The maximum atomic E-state index is 12.7. The number of hydrogen-bond donors (Lipinski definition) is 2. The second kappa shape index (κ2) is 8.18. The number of rotatable bonds is 5. The van der Waals surface area contributed by atoms with E-state index in [4.69, 9.17) is 0 Å². The van der Waals surface area contributed by atoms with E-state index < -0.39 is 0 Å². The van der Waals surface area contributed by atoms with Crippen molar-refractivity contribution in [3.05, 3.63) is 72.4 Å². The van der Waals surface area contributed by atoms with E-state index in [1.807, 2.05) is 36.4 Å². The molecule has 3 aromatic rings. The van der Waals surface area contributed by atoms with E-state index in [0.29, 0.717) is 0 Å². The van der Waals surface area contributed by atoms with Gasteiger partial charge < -0.3 is 5.32 Å². The second-order valence-corrected chi connectivity index (χ2v) is 7.10. The van der Waals surface area contributed by atoms with Crippen molar-refractivity contribution in [2.75, 3.05) is 18.4 Å². The average molecular weight is 360 g/mol. The number of amides is 1. The first-order valence-electron chi connectivity index (χ1n) is 9.45. The van der Waals surface area contributed by atoms with Gasteiger partial charge in [0.2, 0.25) is 5.91 Å². The fraction of sp³-hybridized carbons (Fsp3) is 0.273. The molecule has 27 heavy (non-hydrogen) atoms. The molecule has 1 aliphatic rings. The van der Waals surface area contributed by atoms with Crippen LogP contribution in [0.1, 0.15) is 18.4 Å². The van der Waals surface area contributed by atoms with Crippen molar-refractivity contribution < 1.29 is 4.79 Å². The van der Waals surface area contributed by atoms with Crippen molar-refractivity contribution in [2.24, 2.45) is 5.92 Å². The Hall–Kier alpha value is -2.92. The summed E-state index contributed by atoms with van der Waals surface area (Å²) in [7, 11) is 0. The molecule has 2 heterocycles. The molecular formula is C22H24N4O. The van der Waals surface area contributed by atoms with E-state index in [1.165, 1.54) is 5.56 Å². The molecule has 1 aliphatic heterocycles. The highest BCUT2D eigenvalue weighted by atomic mass is 16.1. The number of hydrogen-bond acceptors (Lipinski definition) is 3. The summed E-state index contributed by atoms with van der Waals surface area (Å²) in [6.07, 6.45) is 3.74. The van der Waals surface area contributed by atoms with Crippen LogP contribution in [0.3, 0.4) is 0 Å². The number of nitrogens with zero attached hydrogens (tertiary/aromatic N) is 2. The molecule has 1 aromatic heterocycles. The van der Waals surface area contributed by atoms with Gasteiger partial charge in [-0.2, -0.15) is 5.10 Å². The molecule has 0 saturated carbocycles. The van der Waals surface area contributed by atoms with Gasteiger partial charge in [0.15, 0.2) is 0 Å². The molecule has 138 valence electrons. The summed E-state index contributed by atoms with van der Waals surface area (Å²) < 4.78 is 0. The van der Waals surface area contributed by atoms with Crippen LogP contribution in [0.15, 0.2) is 66.9 Å². The molecule has 1 amide bonds. The lowest BCUT2D eigenvalue weighted by molar-refractivity contribution is -0.121. The first-order chi connectivity index (χ1) is 13.3. The highest BCUT2D eigenvalue weighted by molar-refractivity contribution is 5.93. The van der Waals surface area contributed by atoms with Gasteiger partial charge in [-0.1, -0.05) is 42.5 Å².